The molecular weight excluding hydrogens is 376 g/mol. The number of methoxy groups -OCH3 is 1. The molecular formula is C21H18N2O6. The summed E-state index contributed by atoms with van der Waals surface area (Å²) in [6.45, 7) is 0.302. The van der Waals surface area contributed by atoms with Gasteiger partial charge in [0.25, 0.3) is 11.8 Å². The third-order valence-corrected chi connectivity index (χ3v) is 5.19. The first-order chi connectivity index (χ1) is 14.1. The number of hydrogen-bond acceptors (Lipinski definition) is 7. The standard InChI is InChI=1S/C21H18N2O6/c1-26-17-7-12(8-18-19(17)28-11-27-18)6-14-9-13(22-29-14)10-23-20(24)15-4-2-3-5-16(15)21(23)25/h2-5,7-8,14H,6,9-11H2,1H3/t14-/m0/s1. The van der Waals surface area contributed by atoms with E-state index in [0.29, 0.717) is 46.9 Å². The van der Waals surface area contributed by atoms with Crippen molar-refractivity contribution in [3.05, 3.63) is 53.1 Å². The topological polar surface area (TPSA) is 86.7 Å². The molecule has 0 fully saturated rings. The highest BCUT2D eigenvalue weighted by atomic mass is 16.7. The van der Waals surface area contributed by atoms with Gasteiger partial charge in [0.05, 0.1) is 30.5 Å². The molecule has 0 saturated heterocycles. The van der Waals surface area contributed by atoms with Crippen molar-refractivity contribution in [2.75, 3.05) is 20.4 Å². The molecule has 1 atom stereocenters. The Labute approximate surface area is 166 Å². The number of carbonyl (C=O) groups is 2. The fraction of sp³-hybridized carbons (Fsp3) is 0.286. The maximum atomic E-state index is 12.5. The lowest BCUT2D eigenvalue weighted by molar-refractivity contribution is 0.0676. The number of nitrogens with zero attached hydrogens (tertiary/aromatic N) is 2. The molecule has 8 nitrogen and oxygen atoms in total. The van der Waals surface area contributed by atoms with Crippen LogP contribution in [0.1, 0.15) is 32.7 Å². The summed E-state index contributed by atoms with van der Waals surface area (Å²) in [6, 6.07) is 10.6. The summed E-state index contributed by atoms with van der Waals surface area (Å²) in [7, 11) is 1.58. The number of amides is 2. The summed E-state index contributed by atoms with van der Waals surface area (Å²) in [4.78, 5) is 31.8. The van der Waals surface area contributed by atoms with E-state index in [9.17, 15) is 9.59 Å². The second-order valence-corrected chi connectivity index (χ2v) is 7.07. The van der Waals surface area contributed by atoms with Crippen LogP contribution in [-0.2, 0) is 11.3 Å². The maximum absolute atomic E-state index is 12.5. The van der Waals surface area contributed by atoms with Gasteiger partial charge in [0.1, 0.15) is 6.10 Å². The molecule has 2 aromatic rings. The maximum Gasteiger partial charge on any atom is 0.261 e. The Kier molecular flexibility index (Phi) is 4.12. The fourth-order valence-corrected chi connectivity index (χ4v) is 3.82. The number of oxime groups is 1. The van der Waals surface area contributed by atoms with Gasteiger partial charge in [-0.25, -0.2) is 0 Å². The second-order valence-electron chi connectivity index (χ2n) is 7.07. The van der Waals surface area contributed by atoms with Gasteiger partial charge in [-0.1, -0.05) is 17.3 Å². The fourth-order valence-electron chi connectivity index (χ4n) is 3.82. The average Bonchev–Trinajstić information content (AvgIpc) is 3.44. The van der Waals surface area contributed by atoms with Gasteiger partial charge in [-0.2, -0.15) is 0 Å². The predicted octanol–water partition coefficient (Wildman–Crippen LogP) is 2.41. The van der Waals surface area contributed by atoms with Crippen molar-refractivity contribution >= 4 is 17.5 Å². The molecule has 0 aromatic heterocycles. The van der Waals surface area contributed by atoms with Crippen LogP contribution in [0.2, 0.25) is 0 Å². The highest BCUT2D eigenvalue weighted by molar-refractivity contribution is 6.22. The molecule has 0 unspecified atom stereocenters. The van der Waals surface area contributed by atoms with Crippen LogP contribution in [0.15, 0.2) is 41.6 Å². The van der Waals surface area contributed by atoms with E-state index < -0.39 is 0 Å². The zero-order valence-corrected chi connectivity index (χ0v) is 15.7. The van der Waals surface area contributed by atoms with Crippen molar-refractivity contribution in [1.29, 1.82) is 0 Å². The van der Waals surface area contributed by atoms with E-state index in [-0.39, 0.29) is 31.3 Å². The third-order valence-electron chi connectivity index (χ3n) is 5.19. The van der Waals surface area contributed by atoms with E-state index in [1.807, 2.05) is 12.1 Å². The Balaban J connectivity index is 1.25. The summed E-state index contributed by atoms with van der Waals surface area (Å²) in [6.07, 6.45) is 0.928. The molecule has 148 valence electrons. The SMILES string of the molecule is COc1cc(C[C@H]2CC(CN3C(=O)c4ccccc4C3=O)=NO2)cc2c1OCO2. The second kappa shape index (κ2) is 6.80. The monoisotopic (exact) mass is 394 g/mol. The lowest BCUT2D eigenvalue weighted by Crippen LogP contribution is -2.34. The number of benzene rings is 2. The van der Waals surface area contributed by atoms with Gasteiger partial charge in [0, 0.05) is 12.8 Å². The molecule has 2 amide bonds. The molecule has 3 heterocycles. The minimum absolute atomic E-state index is 0.132. The lowest BCUT2D eigenvalue weighted by atomic mass is 10.0. The first kappa shape index (κ1) is 17.5. The van der Waals surface area contributed by atoms with E-state index in [2.05, 4.69) is 5.16 Å². The largest absolute Gasteiger partial charge is 0.493 e. The zero-order valence-electron chi connectivity index (χ0n) is 15.7. The summed E-state index contributed by atoms with van der Waals surface area (Å²) in [5.41, 5.74) is 2.49. The molecule has 2 aromatic carbocycles. The van der Waals surface area contributed by atoms with Crippen LogP contribution < -0.4 is 14.2 Å². The average molecular weight is 394 g/mol. The predicted molar refractivity (Wildman–Crippen MR) is 102 cm³/mol. The van der Waals surface area contributed by atoms with E-state index >= 15 is 0 Å². The van der Waals surface area contributed by atoms with E-state index in [0.717, 1.165) is 5.56 Å². The zero-order chi connectivity index (χ0) is 20.0. The summed E-state index contributed by atoms with van der Waals surface area (Å²) < 4.78 is 16.2. The van der Waals surface area contributed by atoms with Crippen molar-refractivity contribution in [2.24, 2.45) is 5.16 Å². The van der Waals surface area contributed by atoms with Crippen LogP contribution in [0.25, 0.3) is 0 Å². The van der Waals surface area contributed by atoms with Gasteiger partial charge in [-0.3, -0.25) is 14.5 Å². The minimum atomic E-state index is -0.294. The summed E-state index contributed by atoms with van der Waals surface area (Å²) in [5.74, 6) is 1.27. The molecule has 3 aliphatic rings. The van der Waals surface area contributed by atoms with Crippen LogP contribution in [0.5, 0.6) is 17.2 Å². The molecule has 0 radical (unpaired) electrons. The highest BCUT2D eigenvalue weighted by Gasteiger charge is 2.37. The molecule has 0 N–H and O–H groups in total. The molecule has 0 bridgehead atoms. The quantitative estimate of drug-likeness (QED) is 0.724. The first-order valence-corrected chi connectivity index (χ1v) is 9.27. The summed E-state index contributed by atoms with van der Waals surface area (Å²) >= 11 is 0. The Hall–Kier alpha value is -3.55. The Morgan fingerprint density at radius 3 is 2.62 bits per heavy atom. The van der Waals surface area contributed by atoms with Crippen molar-refractivity contribution < 1.29 is 28.6 Å². The Bertz CT molecular complexity index is 1010. The van der Waals surface area contributed by atoms with Gasteiger partial charge in [-0.05, 0) is 29.8 Å². The van der Waals surface area contributed by atoms with Crippen molar-refractivity contribution in [3.63, 3.8) is 0 Å². The molecule has 5 rings (SSSR count). The van der Waals surface area contributed by atoms with Gasteiger partial charge in [0.2, 0.25) is 12.5 Å². The number of hydrogen-bond donors (Lipinski definition) is 0. The van der Waals surface area contributed by atoms with Crippen molar-refractivity contribution in [2.45, 2.75) is 18.9 Å². The van der Waals surface area contributed by atoms with Crippen molar-refractivity contribution in [1.82, 2.24) is 4.90 Å². The molecule has 3 aliphatic heterocycles. The van der Waals surface area contributed by atoms with Gasteiger partial charge >= 0.3 is 0 Å². The van der Waals surface area contributed by atoms with E-state index in [1.165, 1.54) is 4.90 Å². The number of ether oxygens (including phenoxy) is 3. The highest BCUT2D eigenvalue weighted by Crippen LogP contribution is 2.42. The van der Waals surface area contributed by atoms with Gasteiger partial charge < -0.3 is 19.0 Å². The van der Waals surface area contributed by atoms with E-state index in [1.54, 1.807) is 31.4 Å². The lowest BCUT2D eigenvalue weighted by Gasteiger charge is -2.13. The van der Waals surface area contributed by atoms with E-state index in [4.69, 9.17) is 19.0 Å². The van der Waals surface area contributed by atoms with Crippen LogP contribution in [0.3, 0.4) is 0 Å². The molecule has 29 heavy (non-hydrogen) atoms. The van der Waals surface area contributed by atoms with Crippen LogP contribution in [0, 0.1) is 0 Å². The molecule has 8 heteroatoms. The Morgan fingerprint density at radius 2 is 1.90 bits per heavy atom. The number of carbonyl (C=O) groups excluding carboxylic acids is 2. The van der Waals surface area contributed by atoms with Crippen molar-refractivity contribution in [3.8, 4) is 17.2 Å². The Morgan fingerprint density at radius 1 is 1.14 bits per heavy atom. The summed E-state index contributed by atoms with van der Waals surface area (Å²) in [5, 5.41) is 4.11. The molecule has 0 aliphatic carbocycles. The normalized spacial score (nSPS) is 19.3. The first-order valence-electron chi connectivity index (χ1n) is 9.27. The number of imide groups is 1. The van der Waals surface area contributed by atoms with Crippen LogP contribution in [0.4, 0.5) is 0 Å². The van der Waals surface area contributed by atoms with Crippen LogP contribution >= 0.6 is 0 Å². The molecule has 0 spiro atoms. The van der Waals surface area contributed by atoms with Gasteiger partial charge in [-0.15, -0.1) is 0 Å². The minimum Gasteiger partial charge on any atom is -0.493 e. The number of rotatable bonds is 5. The van der Waals surface area contributed by atoms with Crippen LogP contribution in [-0.4, -0.2) is 49.0 Å². The van der Waals surface area contributed by atoms with Gasteiger partial charge in [0.15, 0.2) is 11.5 Å². The third kappa shape index (κ3) is 2.97. The smallest absolute Gasteiger partial charge is 0.261 e. The molecule has 0 saturated carbocycles. The number of fused-ring (bicyclic) bond motifs is 2.